The molecular formula is C11H11ClN2O3. The van der Waals surface area contributed by atoms with Crippen molar-refractivity contribution in [1.29, 1.82) is 5.26 Å². The number of aliphatic hydroxyl groups is 1. The summed E-state index contributed by atoms with van der Waals surface area (Å²) in [7, 11) is 0. The first kappa shape index (κ1) is 11.8. The van der Waals surface area contributed by atoms with Gasteiger partial charge in [-0.15, -0.1) is 11.6 Å². The first-order valence-corrected chi connectivity index (χ1v) is 5.59. The lowest BCUT2D eigenvalue weighted by molar-refractivity contribution is 0.174. The van der Waals surface area contributed by atoms with Crippen LogP contribution in [0.1, 0.15) is 5.56 Å². The van der Waals surface area contributed by atoms with Gasteiger partial charge in [-0.1, -0.05) is 0 Å². The topological polar surface area (TPSA) is 74.5 Å². The van der Waals surface area contributed by atoms with E-state index in [1.54, 1.807) is 12.1 Å². The molecule has 0 spiro atoms. The van der Waals surface area contributed by atoms with Crippen LogP contribution in [0.15, 0.2) is 12.1 Å². The van der Waals surface area contributed by atoms with E-state index in [2.05, 4.69) is 11.4 Å². The number of hydrogen-bond acceptors (Lipinski definition) is 5. The van der Waals surface area contributed by atoms with E-state index in [0.29, 0.717) is 22.7 Å². The lowest BCUT2D eigenvalue weighted by Crippen LogP contribution is -2.21. The number of hydrogen-bond donors (Lipinski definition) is 2. The molecule has 5 nitrogen and oxygen atoms in total. The molecule has 17 heavy (non-hydrogen) atoms. The minimum Gasteiger partial charge on any atom is -0.454 e. The normalized spacial score (nSPS) is 14.2. The zero-order chi connectivity index (χ0) is 12.3. The molecule has 1 aromatic carbocycles. The molecule has 1 heterocycles. The Kier molecular flexibility index (Phi) is 3.57. The van der Waals surface area contributed by atoms with Gasteiger partial charge in [-0.3, -0.25) is 0 Å². The molecule has 2 N–H and O–H groups in total. The molecule has 0 aliphatic carbocycles. The third-order valence-electron chi connectivity index (χ3n) is 2.34. The minimum atomic E-state index is -0.659. The van der Waals surface area contributed by atoms with Crippen molar-refractivity contribution >= 4 is 17.3 Å². The molecule has 1 unspecified atom stereocenters. The van der Waals surface area contributed by atoms with Crippen LogP contribution >= 0.6 is 11.6 Å². The number of anilines is 1. The Morgan fingerprint density at radius 2 is 2.18 bits per heavy atom. The molecule has 2 rings (SSSR count). The molecule has 6 heteroatoms. The van der Waals surface area contributed by atoms with Crippen molar-refractivity contribution in [3.05, 3.63) is 17.7 Å². The Morgan fingerprint density at radius 3 is 2.82 bits per heavy atom. The largest absolute Gasteiger partial charge is 0.454 e. The van der Waals surface area contributed by atoms with Gasteiger partial charge in [0.1, 0.15) is 6.07 Å². The lowest BCUT2D eigenvalue weighted by atomic mass is 10.1. The van der Waals surface area contributed by atoms with Gasteiger partial charge in [0.25, 0.3) is 0 Å². The number of fused-ring (bicyclic) bond motifs is 1. The van der Waals surface area contributed by atoms with E-state index in [4.69, 9.17) is 26.3 Å². The van der Waals surface area contributed by atoms with Crippen molar-refractivity contribution in [2.75, 3.05) is 24.5 Å². The maximum atomic E-state index is 9.34. The number of ether oxygens (including phenoxy) is 2. The number of aliphatic hydroxyl groups excluding tert-OH is 1. The Labute approximate surface area is 104 Å². The van der Waals surface area contributed by atoms with Gasteiger partial charge in [-0.25, -0.2) is 0 Å². The summed E-state index contributed by atoms with van der Waals surface area (Å²) in [6.45, 7) is 0.436. The summed E-state index contributed by atoms with van der Waals surface area (Å²) in [5.41, 5.74) is 1.04. The molecule has 1 aliphatic heterocycles. The highest BCUT2D eigenvalue weighted by Crippen LogP contribution is 2.36. The maximum Gasteiger partial charge on any atom is 0.231 e. The van der Waals surface area contributed by atoms with Crippen molar-refractivity contribution in [2.45, 2.75) is 6.10 Å². The van der Waals surface area contributed by atoms with Gasteiger partial charge < -0.3 is 19.9 Å². The molecule has 90 valence electrons. The summed E-state index contributed by atoms with van der Waals surface area (Å²) in [6.07, 6.45) is -0.659. The molecule has 0 fully saturated rings. The van der Waals surface area contributed by atoms with Gasteiger partial charge in [0.05, 0.1) is 23.2 Å². The van der Waals surface area contributed by atoms with Crippen molar-refractivity contribution < 1.29 is 14.6 Å². The standard InChI is InChI=1S/C11H11ClN2O3/c12-3-8(15)5-14-9-2-11-10(16-6-17-11)1-7(9)4-13/h1-2,8,14-15H,3,5-6H2. The van der Waals surface area contributed by atoms with E-state index in [1.165, 1.54) is 0 Å². The monoisotopic (exact) mass is 254 g/mol. The number of nitrogens with zero attached hydrogens (tertiary/aromatic N) is 1. The van der Waals surface area contributed by atoms with Crippen LogP contribution in [-0.2, 0) is 0 Å². The van der Waals surface area contributed by atoms with Crippen molar-refractivity contribution in [1.82, 2.24) is 0 Å². The Hall–Kier alpha value is -1.64. The first-order valence-electron chi connectivity index (χ1n) is 5.06. The summed E-state index contributed by atoms with van der Waals surface area (Å²) >= 11 is 5.49. The number of benzene rings is 1. The predicted octanol–water partition coefficient (Wildman–Crippen LogP) is 1.30. The fourth-order valence-electron chi connectivity index (χ4n) is 1.46. The molecular weight excluding hydrogens is 244 g/mol. The molecule has 0 saturated carbocycles. The average molecular weight is 255 g/mol. The Morgan fingerprint density at radius 1 is 1.47 bits per heavy atom. The fraction of sp³-hybridized carbons (Fsp3) is 0.364. The van der Waals surface area contributed by atoms with E-state index in [0.717, 1.165) is 0 Å². The summed E-state index contributed by atoms with van der Waals surface area (Å²) < 4.78 is 10.4. The smallest absolute Gasteiger partial charge is 0.231 e. The molecule has 0 aromatic heterocycles. The van der Waals surface area contributed by atoms with Gasteiger partial charge in [-0.05, 0) is 0 Å². The van der Waals surface area contributed by atoms with Crippen molar-refractivity contribution in [3.63, 3.8) is 0 Å². The van der Waals surface area contributed by atoms with Crippen molar-refractivity contribution in [2.24, 2.45) is 0 Å². The van der Waals surface area contributed by atoms with Crippen LogP contribution in [0.3, 0.4) is 0 Å². The quantitative estimate of drug-likeness (QED) is 0.792. The summed E-state index contributed by atoms with van der Waals surface area (Å²) in [4.78, 5) is 0. The average Bonchev–Trinajstić information content (AvgIpc) is 2.81. The van der Waals surface area contributed by atoms with Crippen LogP contribution in [0.4, 0.5) is 5.69 Å². The third kappa shape index (κ3) is 2.54. The van der Waals surface area contributed by atoms with E-state index in [1.807, 2.05) is 0 Å². The molecule has 1 atom stereocenters. The van der Waals surface area contributed by atoms with E-state index in [9.17, 15) is 5.11 Å². The summed E-state index contributed by atoms with van der Waals surface area (Å²) in [6, 6.07) is 5.35. The van der Waals surface area contributed by atoms with E-state index >= 15 is 0 Å². The Bertz CT molecular complexity index is 459. The molecule has 0 saturated heterocycles. The van der Waals surface area contributed by atoms with E-state index < -0.39 is 6.10 Å². The zero-order valence-corrected chi connectivity index (χ0v) is 9.70. The number of nitrogens with one attached hydrogen (secondary N) is 1. The van der Waals surface area contributed by atoms with Crippen LogP contribution in [0.5, 0.6) is 11.5 Å². The van der Waals surface area contributed by atoms with Crippen LogP contribution in [-0.4, -0.2) is 30.4 Å². The second-order valence-corrected chi connectivity index (χ2v) is 3.86. The number of alkyl halides is 1. The second-order valence-electron chi connectivity index (χ2n) is 3.55. The van der Waals surface area contributed by atoms with Crippen LogP contribution in [0.2, 0.25) is 0 Å². The number of halogens is 1. The third-order valence-corrected chi connectivity index (χ3v) is 2.70. The minimum absolute atomic E-state index is 0.138. The van der Waals surface area contributed by atoms with Crippen LogP contribution < -0.4 is 14.8 Å². The Balaban J connectivity index is 2.18. The summed E-state index contributed by atoms with van der Waals surface area (Å²) in [5.74, 6) is 1.29. The zero-order valence-electron chi connectivity index (χ0n) is 8.94. The highest BCUT2D eigenvalue weighted by molar-refractivity contribution is 6.18. The predicted molar refractivity (Wildman–Crippen MR) is 62.5 cm³/mol. The van der Waals surface area contributed by atoms with Gasteiger partial charge in [0.2, 0.25) is 6.79 Å². The number of nitriles is 1. The highest BCUT2D eigenvalue weighted by Gasteiger charge is 2.17. The van der Waals surface area contributed by atoms with Crippen LogP contribution in [0, 0.1) is 11.3 Å². The maximum absolute atomic E-state index is 9.34. The molecule has 0 bridgehead atoms. The van der Waals surface area contributed by atoms with Gasteiger partial charge in [0, 0.05) is 18.7 Å². The molecule has 0 radical (unpaired) electrons. The molecule has 1 aliphatic rings. The number of rotatable bonds is 4. The first-order chi connectivity index (χ1) is 8.24. The molecule has 0 amide bonds. The fourth-order valence-corrected chi connectivity index (χ4v) is 1.57. The van der Waals surface area contributed by atoms with E-state index in [-0.39, 0.29) is 19.2 Å². The van der Waals surface area contributed by atoms with Gasteiger partial charge >= 0.3 is 0 Å². The SMILES string of the molecule is N#Cc1cc2c(cc1NCC(O)CCl)OCO2. The van der Waals surface area contributed by atoms with Gasteiger partial charge in [0.15, 0.2) is 11.5 Å². The molecule has 1 aromatic rings. The van der Waals surface area contributed by atoms with Crippen LogP contribution in [0.25, 0.3) is 0 Å². The second kappa shape index (κ2) is 5.13. The summed E-state index contributed by atoms with van der Waals surface area (Å²) in [5, 5.41) is 21.3. The lowest BCUT2D eigenvalue weighted by Gasteiger charge is -2.11. The van der Waals surface area contributed by atoms with Crippen molar-refractivity contribution in [3.8, 4) is 17.6 Å². The highest BCUT2D eigenvalue weighted by atomic mass is 35.5. The van der Waals surface area contributed by atoms with Gasteiger partial charge in [-0.2, -0.15) is 5.26 Å².